The van der Waals surface area contributed by atoms with E-state index in [2.05, 4.69) is 13.0 Å². The number of hydrogen-bond donors (Lipinski definition) is 1. The molecule has 0 unspecified atom stereocenters. The first kappa shape index (κ1) is 16.6. The molecule has 22 heavy (non-hydrogen) atoms. The number of fused-ring (bicyclic) bond motifs is 1. The molecule has 2 N–H and O–H groups in total. The fourth-order valence-electron chi connectivity index (χ4n) is 2.98. The molecule has 3 heteroatoms. The molecule has 0 aliphatic heterocycles. The molecule has 0 bridgehead atoms. The van der Waals surface area contributed by atoms with E-state index in [4.69, 9.17) is 10.2 Å². The fraction of sp³-hybridized carbons (Fsp3) is 0.526. The van der Waals surface area contributed by atoms with Crippen LogP contribution >= 0.6 is 0 Å². The summed E-state index contributed by atoms with van der Waals surface area (Å²) >= 11 is 0. The molecule has 0 aliphatic rings. The van der Waals surface area contributed by atoms with Gasteiger partial charge in [-0.2, -0.15) is 0 Å². The molecule has 1 aromatic carbocycles. The van der Waals surface area contributed by atoms with Gasteiger partial charge in [-0.15, -0.1) is 0 Å². The van der Waals surface area contributed by atoms with Crippen LogP contribution in [0.5, 0.6) is 0 Å². The molecule has 1 heterocycles. The van der Waals surface area contributed by atoms with Crippen LogP contribution in [-0.2, 0) is 6.42 Å². The molecular weight excluding hydrogens is 274 g/mol. The van der Waals surface area contributed by atoms with E-state index in [9.17, 15) is 4.79 Å². The molecule has 0 fully saturated rings. The maximum absolute atomic E-state index is 11.4. The number of aryl methyl sites for hydroxylation is 1. The van der Waals surface area contributed by atoms with Crippen LogP contribution in [0.2, 0.25) is 0 Å². The lowest BCUT2D eigenvalue weighted by atomic mass is 10.0. The first-order chi connectivity index (χ1) is 10.7. The summed E-state index contributed by atoms with van der Waals surface area (Å²) in [5, 5.41) is 0.907. The zero-order valence-corrected chi connectivity index (χ0v) is 13.6. The monoisotopic (exact) mass is 301 g/mol. The van der Waals surface area contributed by atoms with Gasteiger partial charge in [0.05, 0.1) is 5.69 Å². The van der Waals surface area contributed by atoms with Crippen LogP contribution in [0.3, 0.4) is 0 Å². The highest BCUT2D eigenvalue weighted by Gasteiger charge is 2.07. The number of nitrogen functional groups attached to an aromatic ring is 1. The predicted molar refractivity (Wildman–Crippen MR) is 93.2 cm³/mol. The van der Waals surface area contributed by atoms with Crippen molar-refractivity contribution in [2.24, 2.45) is 0 Å². The summed E-state index contributed by atoms with van der Waals surface area (Å²) < 4.78 is 5.23. The molecule has 120 valence electrons. The number of nitrogens with two attached hydrogens (primary N) is 1. The Kier molecular flexibility index (Phi) is 6.50. The standard InChI is InChI=1S/C19H27NO2/c1-2-3-4-5-6-7-8-9-11-15-12-10-13-17-19(15)16(20)14-18(21)22-17/h10,12-14H,2-9,11,20H2,1H3. The van der Waals surface area contributed by atoms with Gasteiger partial charge in [-0.1, -0.05) is 64.0 Å². The molecule has 0 spiro atoms. The van der Waals surface area contributed by atoms with Gasteiger partial charge in [0.25, 0.3) is 0 Å². The maximum Gasteiger partial charge on any atom is 0.338 e. The van der Waals surface area contributed by atoms with E-state index in [0.29, 0.717) is 11.3 Å². The van der Waals surface area contributed by atoms with E-state index in [1.165, 1.54) is 56.6 Å². The highest BCUT2D eigenvalue weighted by atomic mass is 16.4. The van der Waals surface area contributed by atoms with Crippen LogP contribution < -0.4 is 11.4 Å². The normalized spacial score (nSPS) is 11.1. The first-order valence-corrected chi connectivity index (χ1v) is 8.53. The van der Waals surface area contributed by atoms with Crippen molar-refractivity contribution in [3.8, 4) is 0 Å². The minimum Gasteiger partial charge on any atom is -0.423 e. The van der Waals surface area contributed by atoms with Gasteiger partial charge in [-0.05, 0) is 24.5 Å². The summed E-state index contributed by atoms with van der Waals surface area (Å²) in [6.07, 6.45) is 11.4. The first-order valence-electron chi connectivity index (χ1n) is 8.53. The van der Waals surface area contributed by atoms with Crippen LogP contribution in [-0.4, -0.2) is 0 Å². The molecule has 3 nitrogen and oxygen atoms in total. The van der Waals surface area contributed by atoms with Crippen molar-refractivity contribution in [1.82, 2.24) is 0 Å². The number of rotatable bonds is 9. The average Bonchev–Trinajstić information content (AvgIpc) is 2.49. The Morgan fingerprint density at radius 3 is 2.41 bits per heavy atom. The van der Waals surface area contributed by atoms with Gasteiger partial charge in [-0.3, -0.25) is 0 Å². The lowest BCUT2D eigenvalue weighted by Gasteiger charge is -2.08. The van der Waals surface area contributed by atoms with Gasteiger partial charge >= 0.3 is 5.63 Å². The van der Waals surface area contributed by atoms with E-state index in [0.717, 1.165) is 18.2 Å². The predicted octanol–water partition coefficient (Wildman–Crippen LogP) is 5.06. The number of unbranched alkanes of at least 4 members (excludes halogenated alkanes) is 7. The minimum absolute atomic E-state index is 0.380. The Balaban J connectivity index is 1.86. The highest BCUT2D eigenvalue weighted by Crippen LogP contribution is 2.25. The van der Waals surface area contributed by atoms with Crippen molar-refractivity contribution in [2.75, 3.05) is 5.73 Å². The third kappa shape index (κ3) is 4.62. The van der Waals surface area contributed by atoms with Crippen LogP contribution in [0.15, 0.2) is 33.5 Å². The van der Waals surface area contributed by atoms with E-state index in [-0.39, 0.29) is 5.63 Å². The lowest BCUT2D eigenvalue weighted by Crippen LogP contribution is -2.02. The molecule has 1 aromatic heterocycles. The number of hydrogen-bond acceptors (Lipinski definition) is 3. The Hall–Kier alpha value is -1.77. The summed E-state index contributed by atoms with van der Waals surface area (Å²) in [4.78, 5) is 11.4. The Morgan fingerprint density at radius 1 is 1.00 bits per heavy atom. The van der Waals surface area contributed by atoms with Crippen LogP contribution in [0, 0.1) is 0 Å². The van der Waals surface area contributed by atoms with Crippen LogP contribution in [0.1, 0.15) is 63.9 Å². The highest BCUT2D eigenvalue weighted by molar-refractivity contribution is 5.91. The second-order valence-electron chi connectivity index (χ2n) is 6.04. The van der Waals surface area contributed by atoms with Gasteiger partial charge in [0, 0.05) is 11.5 Å². The Morgan fingerprint density at radius 2 is 1.68 bits per heavy atom. The van der Waals surface area contributed by atoms with E-state index in [1.54, 1.807) is 0 Å². The van der Waals surface area contributed by atoms with Crippen molar-refractivity contribution in [1.29, 1.82) is 0 Å². The molecule has 2 aromatic rings. The lowest BCUT2D eigenvalue weighted by molar-refractivity contribution is 0.560. The van der Waals surface area contributed by atoms with Crippen LogP contribution in [0.4, 0.5) is 5.69 Å². The summed E-state index contributed by atoms with van der Waals surface area (Å²) in [7, 11) is 0. The molecule has 0 saturated heterocycles. The number of anilines is 1. The van der Waals surface area contributed by atoms with Crippen molar-refractivity contribution in [3.05, 3.63) is 40.2 Å². The van der Waals surface area contributed by atoms with Gasteiger partial charge in [0.1, 0.15) is 5.58 Å². The summed E-state index contributed by atoms with van der Waals surface area (Å²) in [5.41, 5.74) is 7.93. The second kappa shape index (κ2) is 8.62. The Bertz CT molecular complexity index is 645. The zero-order valence-electron chi connectivity index (χ0n) is 13.6. The summed E-state index contributed by atoms with van der Waals surface area (Å²) in [5.74, 6) is 0. The molecule has 2 rings (SSSR count). The van der Waals surface area contributed by atoms with Gasteiger partial charge < -0.3 is 10.2 Å². The number of benzene rings is 1. The molecule has 0 radical (unpaired) electrons. The van der Waals surface area contributed by atoms with Crippen molar-refractivity contribution >= 4 is 16.7 Å². The summed E-state index contributed by atoms with van der Waals surface area (Å²) in [6.45, 7) is 2.25. The van der Waals surface area contributed by atoms with Gasteiger partial charge in [0.2, 0.25) is 0 Å². The Labute approximate surface area is 132 Å². The second-order valence-corrected chi connectivity index (χ2v) is 6.04. The van der Waals surface area contributed by atoms with E-state index >= 15 is 0 Å². The van der Waals surface area contributed by atoms with E-state index < -0.39 is 0 Å². The maximum atomic E-state index is 11.4. The van der Waals surface area contributed by atoms with Gasteiger partial charge in [0.15, 0.2) is 0 Å². The van der Waals surface area contributed by atoms with Crippen molar-refractivity contribution in [2.45, 2.75) is 64.7 Å². The SMILES string of the molecule is CCCCCCCCCCc1cccc2oc(=O)cc(N)c12. The van der Waals surface area contributed by atoms with Crippen molar-refractivity contribution in [3.63, 3.8) is 0 Å². The topological polar surface area (TPSA) is 56.2 Å². The quantitative estimate of drug-likeness (QED) is 0.520. The third-order valence-corrected chi connectivity index (χ3v) is 4.18. The van der Waals surface area contributed by atoms with Gasteiger partial charge in [-0.25, -0.2) is 4.79 Å². The molecule has 0 saturated carbocycles. The van der Waals surface area contributed by atoms with Crippen LogP contribution in [0.25, 0.3) is 11.0 Å². The third-order valence-electron chi connectivity index (χ3n) is 4.18. The zero-order chi connectivity index (χ0) is 15.8. The molecule has 0 atom stereocenters. The largest absolute Gasteiger partial charge is 0.423 e. The van der Waals surface area contributed by atoms with E-state index in [1.807, 2.05) is 12.1 Å². The minimum atomic E-state index is -0.380. The smallest absolute Gasteiger partial charge is 0.338 e. The molecule has 0 amide bonds. The molecular formula is C19H27NO2. The van der Waals surface area contributed by atoms with Crippen molar-refractivity contribution < 1.29 is 4.42 Å². The molecule has 0 aliphatic carbocycles. The fourth-order valence-corrected chi connectivity index (χ4v) is 2.98. The summed E-state index contributed by atoms with van der Waals surface area (Å²) in [6, 6.07) is 7.20. The average molecular weight is 301 g/mol.